The first-order chi connectivity index (χ1) is 12.5. The van der Waals surface area contributed by atoms with Crippen molar-refractivity contribution < 1.29 is 4.79 Å². The van der Waals surface area contributed by atoms with E-state index in [0.29, 0.717) is 0 Å². The standard InChI is InChI=1S/C21H28N4O.3ClH/c1-16-4-3-5-20(14-16)25-12-10-24(11-13-25)15-18-6-8-19(9-7-18)23-21(26)17(2)22;;;/h3-9,14,17H,10-13,15,22H2,1-2H3,(H,23,26);3*1H. The Kier molecular flexibility index (Phi) is 12.3. The molecule has 1 atom stereocenters. The monoisotopic (exact) mass is 460 g/mol. The van der Waals surface area contributed by atoms with Gasteiger partial charge in [-0.1, -0.05) is 24.3 Å². The summed E-state index contributed by atoms with van der Waals surface area (Å²) in [5.74, 6) is -0.162. The summed E-state index contributed by atoms with van der Waals surface area (Å²) >= 11 is 0. The van der Waals surface area contributed by atoms with Gasteiger partial charge in [-0.2, -0.15) is 0 Å². The van der Waals surface area contributed by atoms with Gasteiger partial charge in [-0.3, -0.25) is 9.69 Å². The van der Waals surface area contributed by atoms with Gasteiger partial charge in [0.2, 0.25) is 5.91 Å². The van der Waals surface area contributed by atoms with Gasteiger partial charge in [0.25, 0.3) is 0 Å². The van der Waals surface area contributed by atoms with Gasteiger partial charge in [0.1, 0.15) is 0 Å². The van der Waals surface area contributed by atoms with Gasteiger partial charge in [-0.25, -0.2) is 0 Å². The van der Waals surface area contributed by atoms with Crippen molar-refractivity contribution in [2.45, 2.75) is 26.4 Å². The van der Waals surface area contributed by atoms with E-state index in [4.69, 9.17) is 5.73 Å². The number of nitrogens with zero attached hydrogens (tertiary/aromatic N) is 2. The molecule has 162 valence electrons. The van der Waals surface area contributed by atoms with Gasteiger partial charge >= 0.3 is 0 Å². The lowest BCUT2D eigenvalue weighted by Crippen LogP contribution is -2.45. The summed E-state index contributed by atoms with van der Waals surface area (Å²) < 4.78 is 0. The molecule has 1 aliphatic rings. The van der Waals surface area contributed by atoms with Crippen LogP contribution in [0.5, 0.6) is 0 Å². The Labute approximate surface area is 192 Å². The van der Waals surface area contributed by atoms with Crippen molar-refractivity contribution in [2.75, 3.05) is 36.4 Å². The molecule has 0 spiro atoms. The number of aryl methyl sites for hydroxylation is 1. The van der Waals surface area contributed by atoms with Crippen molar-refractivity contribution in [3.05, 3.63) is 59.7 Å². The zero-order valence-corrected chi connectivity index (χ0v) is 19.3. The fourth-order valence-corrected chi connectivity index (χ4v) is 3.20. The molecule has 0 radical (unpaired) electrons. The van der Waals surface area contributed by atoms with E-state index in [1.165, 1.54) is 16.8 Å². The van der Waals surface area contributed by atoms with E-state index in [-0.39, 0.29) is 43.1 Å². The molecule has 5 nitrogen and oxygen atoms in total. The van der Waals surface area contributed by atoms with Gasteiger partial charge in [0.15, 0.2) is 0 Å². The van der Waals surface area contributed by atoms with Crippen molar-refractivity contribution in [1.82, 2.24) is 4.90 Å². The third-order valence-corrected chi connectivity index (χ3v) is 4.78. The maximum atomic E-state index is 11.6. The molecule has 0 saturated carbocycles. The number of hydrogen-bond donors (Lipinski definition) is 2. The minimum absolute atomic E-state index is 0. The maximum absolute atomic E-state index is 11.6. The number of amides is 1. The first-order valence-electron chi connectivity index (χ1n) is 9.20. The second kappa shape index (κ2) is 12.9. The van der Waals surface area contributed by atoms with Crippen LogP contribution in [0.1, 0.15) is 18.1 Å². The van der Waals surface area contributed by atoms with Crippen LogP contribution >= 0.6 is 37.2 Å². The van der Waals surface area contributed by atoms with Crippen LogP contribution in [0.2, 0.25) is 0 Å². The Morgan fingerprint density at radius 1 is 1.03 bits per heavy atom. The van der Waals surface area contributed by atoms with Crippen molar-refractivity contribution in [3.8, 4) is 0 Å². The zero-order chi connectivity index (χ0) is 18.5. The number of hydrogen-bond acceptors (Lipinski definition) is 4. The minimum Gasteiger partial charge on any atom is -0.369 e. The summed E-state index contributed by atoms with van der Waals surface area (Å²) in [5, 5.41) is 2.82. The molecule has 0 bridgehead atoms. The molecule has 1 saturated heterocycles. The van der Waals surface area contributed by atoms with E-state index in [2.05, 4.69) is 58.4 Å². The molecule has 29 heavy (non-hydrogen) atoms. The summed E-state index contributed by atoms with van der Waals surface area (Å²) in [7, 11) is 0. The molecule has 3 rings (SSSR count). The molecule has 8 heteroatoms. The lowest BCUT2D eigenvalue weighted by atomic mass is 10.1. The van der Waals surface area contributed by atoms with E-state index in [0.717, 1.165) is 38.4 Å². The molecule has 1 unspecified atom stereocenters. The van der Waals surface area contributed by atoms with Crippen LogP contribution in [-0.2, 0) is 11.3 Å². The first kappa shape index (κ1) is 27.5. The van der Waals surface area contributed by atoms with E-state index >= 15 is 0 Å². The predicted octanol–water partition coefficient (Wildman–Crippen LogP) is 3.87. The number of carbonyl (C=O) groups is 1. The van der Waals surface area contributed by atoms with Crippen molar-refractivity contribution in [3.63, 3.8) is 0 Å². The quantitative estimate of drug-likeness (QED) is 0.709. The summed E-state index contributed by atoms with van der Waals surface area (Å²) in [4.78, 5) is 16.6. The fraction of sp³-hybridized carbons (Fsp3) is 0.381. The highest BCUT2D eigenvalue weighted by molar-refractivity contribution is 5.94. The smallest absolute Gasteiger partial charge is 0.240 e. The molecule has 1 amide bonds. The third kappa shape index (κ3) is 8.03. The summed E-state index contributed by atoms with van der Waals surface area (Å²) in [5.41, 5.74) is 10.3. The van der Waals surface area contributed by atoms with Gasteiger partial charge in [-0.15, -0.1) is 37.2 Å². The van der Waals surface area contributed by atoms with E-state index in [1.807, 2.05) is 12.1 Å². The number of benzene rings is 2. The van der Waals surface area contributed by atoms with Crippen LogP contribution in [-0.4, -0.2) is 43.0 Å². The molecular formula is C21H31Cl3N4O. The van der Waals surface area contributed by atoms with E-state index in [9.17, 15) is 4.79 Å². The largest absolute Gasteiger partial charge is 0.369 e. The number of nitrogens with two attached hydrogens (primary N) is 1. The molecule has 3 N–H and O–H groups in total. The van der Waals surface area contributed by atoms with Crippen LogP contribution < -0.4 is 16.0 Å². The molecule has 1 heterocycles. The highest BCUT2D eigenvalue weighted by atomic mass is 35.5. The maximum Gasteiger partial charge on any atom is 0.240 e. The molecular weight excluding hydrogens is 431 g/mol. The van der Waals surface area contributed by atoms with Crippen molar-refractivity contribution in [2.24, 2.45) is 5.73 Å². The highest BCUT2D eigenvalue weighted by Crippen LogP contribution is 2.19. The van der Waals surface area contributed by atoms with E-state index in [1.54, 1.807) is 6.92 Å². The van der Waals surface area contributed by atoms with Crippen LogP contribution in [0.3, 0.4) is 0 Å². The average molecular weight is 462 g/mol. The number of nitrogens with one attached hydrogen (secondary N) is 1. The normalized spacial score (nSPS) is 14.7. The van der Waals surface area contributed by atoms with Crippen LogP contribution in [0.4, 0.5) is 11.4 Å². The molecule has 2 aromatic carbocycles. The molecule has 1 aliphatic heterocycles. The molecule has 0 aliphatic carbocycles. The zero-order valence-electron chi connectivity index (χ0n) is 16.8. The molecule has 1 fully saturated rings. The number of halogens is 3. The second-order valence-electron chi connectivity index (χ2n) is 7.08. The second-order valence-corrected chi connectivity index (χ2v) is 7.08. The van der Waals surface area contributed by atoms with Crippen LogP contribution in [0.15, 0.2) is 48.5 Å². The Morgan fingerprint density at radius 2 is 1.66 bits per heavy atom. The Hall–Kier alpha value is -1.50. The lowest BCUT2D eigenvalue weighted by Gasteiger charge is -2.36. The van der Waals surface area contributed by atoms with E-state index < -0.39 is 6.04 Å². The number of rotatable bonds is 5. The summed E-state index contributed by atoms with van der Waals surface area (Å²) in [6.45, 7) is 8.95. The third-order valence-electron chi connectivity index (χ3n) is 4.78. The fourth-order valence-electron chi connectivity index (χ4n) is 3.20. The Balaban J connectivity index is 0.00000261. The number of anilines is 2. The van der Waals surface area contributed by atoms with Gasteiger partial charge in [-0.05, 0) is 49.2 Å². The SMILES string of the molecule is Cc1cccc(N2CCN(Cc3ccc(NC(=O)C(C)N)cc3)CC2)c1.Cl.Cl.Cl. The topological polar surface area (TPSA) is 61.6 Å². The first-order valence-corrected chi connectivity index (χ1v) is 9.20. The van der Waals surface area contributed by atoms with Crippen molar-refractivity contribution in [1.29, 1.82) is 0 Å². The average Bonchev–Trinajstić information content (AvgIpc) is 2.64. The van der Waals surface area contributed by atoms with Gasteiger partial charge in [0.05, 0.1) is 6.04 Å². The molecule has 2 aromatic rings. The Bertz CT molecular complexity index is 748. The van der Waals surface area contributed by atoms with Crippen molar-refractivity contribution >= 4 is 54.5 Å². The van der Waals surface area contributed by atoms with Gasteiger partial charge < -0.3 is 16.0 Å². The minimum atomic E-state index is -0.501. The number of piperazine rings is 1. The number of carbonyl (C=O) groups excluding carboxylic acids is 1. The van der Waals surface area contributed by atoms with Crippen LogP contribution in [0, 0.1) is 6.92 Å². The highest BCUT2D eigenvalue weighted by Gasteiger charge is 2.17. The predicted molar refractivity (Wildman–Crippen MR) is 129 cm³/mol. The summed E-state index contributed by atoms with van der Waals surface area (Å²) in [6.07, 6.45) is 0. The van der Waals surface area contributed by atoms with Gasteiger partial charge in [0, 0.05) is 44.1 Å². The Morgan fingerprint density at radius 3 is 2.21 bits per heavy atom. The lowest BCUT2D eigenvalue weighted by molar-refractivity contribution is -0.117. The molecule has 0 aromatic heterocycles. The van der Waals surface area contributed by atoms with Crippen LogP contribution in [0.25, 0.3) is 0 Å². The summed E-state index contributed by atoms with van der Waals surface area (Å²) in [6, 6.07) is 16.2.